The van der Waals surface area contributed by atoms with Crippen molar-refractivity contribution in [2.75, 3.05) is 6.61 Å². The fraction of sp³-hybridized carbons (Fsp3) is 0.591. The summed E-state index contributed by atoms with van der Waals surface area (Å²) in [5, 5.41) is 0. The van der Waals surface area contributed by atoms with Crippen LogP contribution in [0.3, 0.4) is 0 Å². The number of esters is 2. The normalized spacial score (nSPS) is 13.3. The molecule has 7 nitrogen and oxygen atoms in total. The Bertz CT molecular complexity index is 765. The van der Waals surface area contributed by atoms with E-state index in [1.54, 1.807) is 46.9 Å². The van der Waals surface area contributed by atoms with Crippen LogP contribution < -0.4 is 0 Å². The lowest BCUT2D eigenvalue weighted by Gasteiger charge is -2.31. The maximum Gasteiger partial charge on any atom is 0.328 e. The number of aryl methyl sites for hydroxylation is 1. The van der Waals surface area contributed by atoms with Crippen molar-refractivity contribution in [1.29, 1.82) is 0 Å². The standard InChI is InChI=1S/C22H31NO6/c1-7-28-18(25)10-8-9-11-22(16(3)24,20(27)29-21(4,5)6)19(26)17-12-15(2)13-23-14-17/h12-14H,7-11H2,1-6H3. The number of rotatable bonds is 10. The molecule has 0 aromatic carbocycles. The molecule has 1 rings (SSSR count). The van der Waals surface area contributed by atoms with Crippen molar-refractivity contribution >= 4 is 23.5 Å². The zero-order valence-corrected chi connectivity index (χ0v) is 18.2. The molecule has 1 atom stereocenters. The van der Waals surface area contributed by atoms with Crippen LogP contribution in [0.25, 0.3) is 0 Å². The summed E-state index contributed by atoms with van der Waals surface area (Å²) >= 11 is 0. The van der Waals surface area contributed by atoms with Gasteiger partial charge in [-0.15, -0.1) is 0 Å². The van der Waals surface area contributed by atoms with Gasteiger partial charge in [-0.05, 0) is 66.0 Å². The third-order valence-electron chi connectivity index (χ3n) is 4.36. The average molecular weight is 405 g/mol. The van der Waals surface area contributed by atoms with Crippen LogP contribution in [-0.2, 0) is 23.9 Å². The number of pyridine rings is 1. The van der Waals surface area contributed by atoms with E-state index in [1.807, 2.05) is 0 Å². The van der Waals surface area contributed by atoms with E-state index in [1.165, 1.54) is 13.1 Å². The molecule has 0 aliphatic heterocycles. The first-order chi connectivity index (χ1) is 13.4. The summed E-state index contributed by atoms with van der Waals surface area (Å²) in [5.41, 5.74) is -1.93. The monoisotopic (exact) mass is 405 g/mol. The Kier molecular flexibility index (Phi) is 8.67. The summed E-state index contributed by atoms with van der Waals surface area (Å²) in [6.07, 6.45) is 3.72. The van der Waals surface area contributed by atoms with E-state index >= 15 is 0 Å². The highest BCUT2D eigenvalue weighted by molar-refractivity contribution is 6.26. The summed E-state index contributed by atoms with van der Waals surface area (Å²) in [4.78, 5) is 54.7. The van der Waals surface area contributed by atoms with Gasteiger partial charge in [-0.1, -0.05) is 6.42 Å². The molecule has 0 N–H and O–H groups in total. The summed E-state index contributed by atoms with van der Waals surface area (Å²) in [6.45, 7) is 10.0. The molecule has 1 aromatic rings. The molecule has 0 aliphatic carbocycles. The molecule has 0 spiro atoms. The number of unbranched alkanes of at least 4 members (excludes halogenated alkanes) is 1. The van der Waals surface area contributed by atoms with E-state index in [0.717, 1.165) is 5.56 Å². The quantitative estimate of drug-likeness (QED) is 0.254. The SMILES string of the molecule is CCOC(=O)CCCCC(C(C)=O)(C(=O)OC(C)(C)C)C(=O)c1cncc(C)c1. The molecule has 7 heteroatoms. The Hall–Kier alpha value is -2.57. The lowest BCUT2D eigenvalue weighted by molar-refractivity contribution is -0.167. The zero-order chi connectivity index (χ0) is 22.2. The molecule has 1 aromatic heterocycles. The second kappa shape index (κ2) is 10.3. The Morgan fingerprint density at radius 2 is 1.72 bits per heavy atom. The van der Waals surface area contributed by atoms with Crippen molar-refractivity contribution in [3.8, 4) is 0 Å². The minimum atomic E-state index is -1.97. The van der Waals surface area contributed by atoms with Crippen molar-refractivity contribution in [1.82, 2.24) is 4.98 Å². The van der Waals surface area contributed by atoms with Gasteiger partial charge in [0.05, 0.1) is 6.61 Å². The highest BCUT2D eigenvalue weighted by Crippen LogP contribution is 2.34. The summed E-state index contributed by atoms with van der Waals surface area (Å²) < 4.78 is 10.4. The van der Waals surface area contributed by atoms with E-state index in [2.05, 4.69) is 4.98 Å². The highest BCUT2D eigenvalue weighted by Gasteiger charge is 2.52. The number of ether oxygens (including phenoxy) is 2. The van der Waals surface area contributed by atoms with Crippen molar-refractivity contribution in [3.63, 3.8) is 0 Å². The lowest BCUT2D eigenvalue weighted by Crippen LogP contribution is -2.48. The van der Waals surface area contributed by atoms with Crippen molar-refractivity contribution in [2.45, 2.75) is 72.8 Å². The van der Waals surface area contributed by atoms with Crippen molar-refractivity contribution < 1.29 is 28.7 Å². The molecule has 0 saturated heterocycles. The molecule has 0 bridgehead atoms. The summed E-state index contributed by atoms with van der Waals surface area (Å²) in [6, 6.07) is 1.59. The van der Waals surface area contributed by atoms with Crippen molar-refractivity contribution in [2.24, 2.45) is 5.41 Å². The lowest BCUT2D eigenvalue weighted by atomic mass is 9.73. The molecule has 0 saturated carbocycles. The number of ketones is 2. The van der Waals surface area contributed by atoms with Crippen LogP contribution in [0.2, 0.25) is 0 Å². The predicted octanol–water partition coefficient (Wildman–Crippen LogP) is 3.61. The Labute approximate surface area is 172 Å². The Morgan fingerprint density at radius 3 is 2.24 bits per heavy atom. The van der Waals surface area contributed by atoms with Crippen LogP contribution in [0.5, 0.6) is 0 Å². The van der Waals surface area contributed by atoms with Crippen molar-refractivity contribution in [3.05, 3.63) is 29.6 Å². The molecule has 1 heterocycles. The van der Waals surface area contributed by atoms with Gasteiger partial charge in [-0.2, -0.15) is 0 Å². The fourth-order valence-electron chi connectivity index (χ4n) is 2.97. The zero-order valence-electron chi connectivity index (χ0n) is 18.2. The van der Waals surface area contributed by atoms with Gasteiger partial charge in [0.2, 0.25) is 0 Å². The van der Waals surface area contributed by atoms with Crippen LogP contribution in [0.15, 0.2) is 18.5 Å². The summed E-state index contributed by atoms with van der Waals surface area (Å²) in [5.74, 6) is -2.45. The van der Waals surface area contributed by atoms with E-state index in [9.17, 15) is 19.2 Å². The topological polar surface area (TPSA) is 99.6 Å². The third-order valence-corrected chi connectivity index (χ3v) is 4.36. The second-order valence-corrected chi connectivity index (χ2v) is 8.06. The van der Waals surface area contributed by atoms with Crippen LogP contribution in [0.4, 0.5) is 0 Å². The minimum absolute atomic E-state index is 0.0522. The van der Waals surface area contributed by atoms with Gasteiger partial charge in [0.15, 0.2) is 17.0 Å². The van der Waals surface area contributed by atoms with E-state index < -0.39 is 28.6 Å². The van der Waals surface area contributed by atoms with E-state index in [-0.39, 0.29) is 31.0 Å². The smallest absolute Gasteiger partial charge is 0.328 e. The largest absolute Gasteiger partial charge is 0.466 e. The Balaban J connectivity index is 3.22. The molecule has 29 heavy (non-hydrogen) atoms. The molecule has 0 radical (unpaired) electrons. The third kappa shape index (κ3) is 6.76. The fourth-order valence-corrected chi connectivity index (χ4v) is 2.97. The molecular formula is C22H31NO6. The van der Waals surface area contributed by atoms with Gasteiger partial charge < -0.3 is 9.47 Å². The number of carbonyl (C=O) groups is 4. The maximum atomic E-state index is 13.4. The molecule has 1 unspecified atom stereocenters. The van der Waals surface area contributed by atoms with Crippen LogP contribution in [-0.4, -0.2) is 40.7 Å². The first-order valence-corrected chi connectivity index (χ1v) is 9.80. The number of aromatic nitrogens is 1. The minimum Gasteiger partial charge on any atom is -0.466 e. The predicted molar refractivity (Wildman–Crippen MR) is 107 cm³/mol. The van der Waals surface area contributed by atoms with Gasteiger partial charge in [0, 0.05) is 24.4 Å². The summed E-state index contributed by atoms with van der Waals surface area (Å²) in [7, 11) is 0. The average Bonchev–Trinajstić information content (AvgIpc) is 2.59. The number of hydrogen-bond acceptors (Lipinski definition) is 7. The first kappa shape index (κ1) is 24.5. The number of carbonyl (C=O) groups excluding carboxylic acids is 4. The van der Waals surface area contributed by atoms with Crippen LogP contribution >= 0.6 is 0 Å². The molecule has 0 fully saturated rings. The molecule has 0 amide bonds. The molecular weight excluding hydrogens is 374 g/mol. The maximum absolute atomic E-state index is 13.4. The molecule has 0 aliphatic rings. The van der Waals surface area contributed by atoms with Gasteiger partial charge in [-0.25, -0.2) is 0 Å². The number of hydrogen-bond donors (Lipinski definition) is 0. The number of nitrogens with zero attached hydrogens (tertiary/aromatic N) is 1. The number of Topliss-reactive ketones (excluding diaryl/α,β-unsaturated/α-hetero) is 2. The van der Waals surface area contributed by atoms with E-state index in [4.69, 9.17) is 9.47 Å². The Morgan fingerprint density at radius 1 is 1.07 bits per heavy atom. The van der Waals surface area contributed by atoms with Gasteiger partial charge in [-0.3, -0.25) is 24.2 Å². The van der Waals surface area contributed by atoms with Gasteiger partial charge in [0.1, 0.15) is 5.60 Å². The van der Waals surface area contributed by atoms with E-state index in [0.29, 0.717) is 12.8 Å². The second-order valence-electron chi connectivity index (χ2n) is 8.06. The van der Waals surface area contributed by atoms with Gasteiger partial charge in [0.25, 0.3) is 0 Å². The van der Waals surface area contributed by atoms with Crippen LogP contribution in [0, 0.1) is 12.3 Å². The highest BCUT2D eigenvalue weighted by atomic mass is 16.6. The van der Waals surface area contributed by atoms with Gasteiger partial charge >= 0.3 is 11.9 Å². The van der Waals surface area contributed by atoms with Crippen LogP contribution in [0.1, 0.15) is 76.2 Å². The first-order valence-electron chi connectivity index (χ1n) is 9.80. The molecule has 160 valence electrons.